The number of benzene rings is 1. The van der Waals surface area contributed by atoms with Gasteiger partial charge in [0.15, 0.2) is 0 Å². The van der Waals surface area contributed by atoms with E-state index in [4.69, 9.17) is 5.73 Å². The smallest absolute Gasteiger partial charge is 0.0397 e. The highest BCUT2D eigenvalue weighted by Crippen LogP contribution is 2.27. The first-order valence-corrected chi connectivity index (χ1v) is 7.20. The number of piperazine rings is 1. The number of aryl methyl sites for hydroxylation is 1. The lowest BCUT2D eigenvalue weighted by atomic mass is 9.98. The number of nitrogens with zero attached hydrogens (tertiary/aromatic N) is 2. The Morgan fingerprint density at radius 2 is 2.00 bits per heavy atom. The van der Waals surface area contributed by atoms with Gasteiger partial charge in [0.1, 0.15) is 0 Å². The predicted molar refractivity (Wildman–Crippen MR) is 82.9 cm³/mol. The van der Waals surface area contributed by atoms with Crippen LogP contribution in [-0.4, -0.2) is 43.7 Å². The molecule has 0 aromatic heterocycles. The summed E-state index contributed by atoms with van der Waals surface area (Å²) in [4.78, 5) is 4.96. The van der Waals surface area contributed by atoms with Crippen molar-refractivity contribution in [2.45, 2.75) is 32.7 Å². The zero-order chi connectivity index (χ0) is 14.0. The standard InChI is InChI=1S/C16H27N3/c1-13-11-14(7-8-17)5-6-15(13)19-10-9-18(4)16(2,3)12-19/h5-6,11H,7-10,12,17H2,1-4H3. The second kappa shape index (κ2) is 5.51. The Kier molecular flexibility index (Phi) is 4.16. The molecule has 1 aromatic carbocycles. The Morgan fingerprint density at radius 3 is 2.58 bits per heavy atom. The molecule has 0 aliphatic carbocycles. The van der Waals surface area contributed by atoms with E-state index in [-0.39, 0.29) is 5.54 Å². The van der Waals surface area contributed by atoms with E-state index in [0.29, 0.717) is 0 Å². The van der Waals surface area contributed by atoms with Crippen molar-refractivity contribution < 1.29 is 0 Å². The molecule has 0 atom stereocenters. The van der Waals surface area contributed by atoms with Crippen LogP contribution in [0.3, 0.4) is 0 Å². The third-order valence-corrected chi connectivity index (χ3v) is 4.35. The number of hydrogen-bond donors (Lipinski definition) is 1. The van der Waals surface area contributed by atoms with Gasteiger partial charge in [0.05, 0.1) is 0 Å². The van der Waals surface area contributed by atoms with Gasteiger partial charge in [-0.1, -0.05) is 12.1 Å². The van der Waals surface area contributed by atoms with Gasteiger partial charge in [0.2, 0.25) is 0 Å². The Hall–Kier alpha value is -1.06. The van der Waals surface area contributed by atoms with E-state index in [9.17, 15) is 0 Å². The topological polar surface area (TPSA) is 32.5 Å². The molecular weight excluding hydrogens is 234 g/mol. The molecule has 1 aliphatic heterocycles. The van der Waals surface area contributed by atoms with Crippen molar-refractivity contribution in [3.63, 3.8) is 0 Å². The Labute approximate surface area is 117 Å². The Morgan fingerprint density at radius 1 is 1.26 bits per heavy atom. The van der Waals surface area contributed by atoms with Gasteiger partial charge in [-0.3, -0.25) is 4.90 Å². The Balaban J connectivity index is 2.18. The van der Waals surface area contributed by atoms with E-state index in [1.54, 1.807) is 0 Å². The van der Waals surface area contributed by atoms with Crippen molar-refractivity contribution in [2.24, 2.45) is 5.73 Å². The monoisotopic (exact) mass is 261 g/mol. The minimum Gasteiger partial charge on any atom is -0.368 e. The molecule has 1 fully saturated rings. The van der Waals surface area contributed by atoms with Crippen molar-refractivity contribution >= 4 is 5.69 Å². The molecule has 0 radical (unpaired) electrons. The van der Waals surface area contributed by atoms with E-state index >= 15 is 0 Å². The lowest BCUT2D eigenvalue weighted by molar-refractivity contribution is 0.139. The van der Waals surface area contributed by atoms with E-state index in [1.807, 2.05) is 0 Å². The number of anilines is 1. The second-order valence-corrected chi connectivity index (χ2v) is 6.32. The highest BCUT2D eigenvalue weighted by Gasteiger charge is 2.31. The second-order valence-electron chi connectivity index (χ2n) is 6.32. The molecule has 19 heavy (non-hydrogen) atoms. The number of likely N-dealkylation sites (N-methyl/N-ethyl adjacent to an activating group) is 1. The fourth-order valence-electron chi connectivity index (χ4n) is 2.84. The summed E-state index contributed by atoms with van der Waals surface area (Å²) >= 11 is 0. The van der Waals surface area contributed by atoms with Crippen LogP contribution in [-0.2, 0) is 6.42 Å². The zero-order valence-electron chi connectivity index (χ0n) is 12.7. The molecule has 0 unspecified atom stereocenters. The zero-order valence-corrected chi connectivity index (χ0v) is 12.7. The van der Waals surface area contributed by atoms with Gasteiger partial charge in [-0.05, 0) is 58.0 Å². The molecular formula is C16H27N3. The van der Waals surface area contributed by atoms with Crippen LogP contribution >= 0.6 is 0 Å². The van der Waals surface area contributed by atoms with Crippen LogP contribution in [0.2, 0.25) is 0 Å². The average molecular weight is 261 g/mol. The summed E-state index contributed by atoms with van der Waals surface area (Å²) in [6.07, 6.45) is 0.968. The molecule has 3 heteroatoms. The van der Waals surface area contributed by atoms with Crippen LogP contribution in [0.5, 0.6) is 0 Å². The molecule has 2 N–H and O–H groups in total. The van der Waals surface area contributed by atoms with Gasteiger partial charge >= 0.3 is 0 Å². The van der Waals surface area contributed by atoms with Crippen molar-refractivity contribution in [3.8, 4) is 0 Å². The van der Waals surface area contributed by atoms with Gasteiger partial charge in [-0.2, -0.15) is 0 Å². The minimum atomic E-state index is 0.237. The van der Waals surface area contributed by atoms with Crippen LogP contribution in [0.15, 0.2) is 18.2 Å². The molecule has 1 aliphatic rings. The first-order chi connectivity index (χ1) is 8.94. The van der Waals surface area contributed by atoms with Crippen LogP contribution in [0, 0.1) is 6.92 Å². The SMILES string of the molecule is Cc1cc(CCN)ccc1N1CCN(C)C(C)(C)C1. The molecule has 0 amide bonds. The maximum atomic E-state index is 5.63. The van der Waals surface area contributed by atoms with Crippen LogP contribution in [0.4, 0.5) is 5.69 Å². The molecule has 1 aromatic rings. The predicted octanol–water partition coefficient (Wildman–Crippen LogP) is 2.03. The molecule has 106 valence electrons. The van der Waals surface area contributed by atoms with Crippen molar-refractivity contribution in [2.75, 3.05) is 38.1 Å². The van der Waals surface area contributed by atoms with Gasteiger partial charge in [0, 0.05) is 30.9 Å². The molecule has 0 spiro atoms. The third-order valence-electron chi connectivity index (χ3n) is 4.35. The number of hydrogen-bond acceptors (Lipinski definition) is 3. The summed E-state index contributed by atoms with van der Waals surface area (Å²) in [6.45, 7) is 10.9. The van der Waals surface area contributed by atoms with Gasteiger partial charge in [-0.15, -0.1) is 0 Å². The number of rotatable bonds is 3. The van der Waals surface area contributed by atoms with Gasteiger partial charge in [-0.25, -0.2) is 0 Å². The van der Waals surface area contributed by atoms with E-state index in [2.05, 4.69) is 55.8 Å². The van der Waals surface area contributed by atoms with Gasteiger partial charge in [0.25, 0.3) is 0 Å². The van der Waals surface area contributed by atoms with Crippen molar-refractivity contribution in [1.29, 1.82) is 0 Å². The van der Waals surface area contributed by atoms with Crippen molar-refractivity contribution in [3.05, 3.63) is 29.3 Å². The molecule has 1 heterocycles. The Bertz CT molecular complexity index is 440. The minimum absolute atomic E-state index is 0.237. The lowest BCUT2D eigenvalue weighted by Gasteiger charge is -2.46. The summed E-state index contributed by atoms with van der Waals surface area (Å²) in [6, 6.07) is 6.77. The summed E-state index contributed by atoms with van der Waals surface area (Å²) < 4.78 is 0. The van der Waals surface area contributed by atoms with Crippen LogP contribution in [0.1, 0.15) is 25.0 Å². The quantitative estimate of drug-likeness (QED) is 0.903. The first kappa shape index (κ1) is 14.4. The molecule has 3 nitrogen and oxygen atoms in total. The fraction of sp³-hybridized carbons (Fsp3) is 0.625. The molecule has 1 saturated heterocycles. The lowest BCUT2D eigenvalue weighted by Crippen LogP contribution is -2.57. The highest BCUT2D eigenvalue weighted by molar-refractivity contribution is 5.55. The average Bonchev–Trinajstić information content (AvgIpc) is 2.33. The first-order valence-electron chi connectivity index (χ1n) is 7.20. The summed E-state index contributed by atoms with van der Waals surface area (Å²) in [7, 11) is 2.22. The van der Waals surface area contributed by atoms with E-state index < -0.39 is 0 Å². The molecule has 0 saturated carbocycles. The largest absolute Gasteiger partial charge is 0.368 e. The maximum Gasteiger partial charge on any atom is 0.0397 e. The van der Waals surface area contributed by atoms with Crippen LogP contribution < -0.4 is 10.6 Å². The molecule has 2 rings (SSSR count). The van der Waals surface area contributed by atoms with Crippen molar-refractivity contribution in [1.82, 2.24) is 4.90 Å². The van der Waals surface area contributed by atoms with Gasteiger partial charge < -0.3 is 10.6 Å². The molecule has 0 bridgehead atoms. The fourth-order valence-corrected chi connectivity index (χ4v) is 2.84. The normalized spacial score (nSPS) is 19.7. The summed E-state index contributed by atoms with van der Waals surface area (Å²) in [5.41, 5.74) is 9.95. The van der Waals surface area contributed by atoms with E-state index in [1.165, 1.54) is 16.8 Å². The summed E-state index contributed by atoms with van der Waals surface area (Å²) in [5.74, 6) is 0. The van der Waals surface area contributed by atoms with E-state index in [0.717, 1.165) is 32.6 Å². The summed E-state index contributed by atoms with van der Waals surface area (Å²) in [5, 5.41) is 0. The number of nitrogens with two attached hydrogens (primary N) is 1. The maximum absolute atomic E-state index is 5.63. The van der Waals surface area contributed by atoms with Crippen LogP contribution in [0.25, 0.3) is 0 Å². The third kappa shape index (κ3) is 3.10. The highest BCUT2D eigenvalue weighted by atomic mass is 15.3.